The van der Waals surface area contributed by atoms with Crippen LogP contribution in [0.4, 0.5) is 5.69 Å². The van der Waals surface area contributed by atoms with Crippen molar-refractivity contribution in [3.63, 3.8) is 0 Å². The molecular formula is C27H34N4O6. The molecule has 2 aromatic rings. The Morgan fingerprint density at radius 3 is 1.84 bits per heavy atom. The Bertz CT molecular complexity index is 1030. The summed E-state index contributed by atoms with van der Waals surface area (Å²) in [5.41, 5.74) is 2.76. The Balaban J connectivity index is 0.000000568. The summed E-state index contributed by atoms with van der Waals surface area (Å²) >= 11 is 0. The summed E-state index contributed by atoms with van der Waals surface area (Å²) < 4.78 is 0. The molecule has 3 N–H and O–H groups in total. The number of nitrogens with one attached hydrogen (secondary N) is 1. The van der Waals surface area contributed by atoms with E-state index in [9.17, 15) is 9.59 Å². The number of carboxylic acids is 2. The summed E-state index contributed by atoms with van der Waals surface area (Å²) in [7, 11) is 0. The minimum absolute atomic E-state index is 0.00776. The van der Waals surface area contributed by atoms with Crippen molar-refractivity contribution in [1.29, 1.82) is 0 Å². The first-order valence-corrected chi connectivity index (χ1v) is 12.5. The maximum Gasteiger partial charge on any atom is 0.414 e. The minimum atomic E-state index is -1.82. The molecule has 0 aromatic heterocycles. The number of aliphatic carboxylic acids is 2. The molecule has 10 heteroatoms. The van der Waals surface area contributed by atoms with Gasteiger partial charge in [0.1, 0.15) is 0 Å². The highest BCUT2D eigenvalue weighted by Crippen LogP contribution is 2.16. The second-order valence-electron chi connectivity index (χ2n) is 9.13. The maximum atomic E-state index is 12.6. The number of carbonyl (C=O) groups excluding carboxylic acids is 2. The number of anilines is 1. The summed E-state index contributed by atoms with van der Waals surface area (Å²) in [6.07, 6.45) is 3.37. The predicted octanol–water partition coefficient (Wildman–Crippen LogP) is 2.22. The maximum absolute atomic E-state index is 12.6. The number of amides is 2. The van der Waals surface area contributed by atoms with E-state index in [2.05, 4.69) is 39.4 Å². The number of benzene rings is 2. The molecule has 0 bridgehead atoms. The number of piperidine rings is 1. The predicted molar refractivity (Wildman–Crippen MR) is 138 cm³/mol. The van der Waals surface area contributed by atoms with E-state index >= 15 is 0 Å². The lowest BCUT2D eigenvalue weighted by Gasteiger charge is -2.34. The van der Waals surface area contributed by atoms with Crippen molar-refractivity contribution >= 4 is 29.4 Å². The fourth-order valence-electron chi connectivity index (χ4n) is 4.33. The third kappa shape index (κ3) is 9.32. The second-order valence-corrected chi connectivity index (χ2v) is 9.13. The largest absolute Gasteiger partial charge is 0.473 e. The Morgan fingerprint density at radius 1 is 0.703 bits per heavy atom. The van der Waals surface area contributed by atoms with E-state index < -0.39 is 11.9 Å². The van der Waals surface area contributed by atoms with Crippen molar-refractivity contribution in [3.05, 3.63) is 65.7 Å². The first kappa shape index (κ1) is 27.8. The van der Waals surface area contributed by atoms with Gasteiger partial charge in [-0.15, -0.1) is 0 Å². The molecule has 0 saturated carbocycles. The molecule has 0 atom stereocenters. The van der Waals surface area contributed by atoms with Gasteiger partial charge in [0, 0.05) is 57.1 Å². The number of hydrogen-bond donors (Lipinski definition) is 3. The molecule has 0 spiro atoms. The number of carboxylic acid groups (broad SMARTS) is 2. The van der Waals surface area contributed by atoms with Gasteiger partial charge in [-0.3, -0.25) is 19.4 Å². The molecule has 0 radical (unpaired) electrons. The number of likely N-dealkylation sites (tertiary alicyclic amines) is 1. The first-order chi connectivity index (χ1) is 17.8. The molecule has 2 fully saturated rings. The zero-order valence-electron chi connectivity index (χ0n) is 20.8. The van der Waals surface area contributed by atoms with Crippen LogP contribution in [0.1, 0.15) is 35.2 Å². The molecule has 2 aromatic carbocycles. The van der Waals surface area contributed by atoms with Gasteiger partial charge in [0.2, 0.25) is 5.91 Å². The highest BCUT2D eigenvalue weighted by atomic mass is 16.4. The fourth-order valence-corrected chi connectivity index (χ4v) is 4.33. The molecular weight excluding hydrogens is 476 g/mol. The van der Waals surface area contributed by atoms with Crippen LogP contribution in [0.15, 0.2) is 54.6 Å². The van der Waals surface area contributed by atoms with Gasteiger partial charge >= 0.3 is 11.9 Å². The fraction of sp³-hybridized carbons (Fsp3) is 0.407. The van der Waals surface area contributed by atoms with Crippen molar-refractivity contribution < 1.29 is 29.4 Å². The van der Waals surface area contributed by atoms with Crippen LogP contribution in [0.5, 0.6) is 0 Å². The van der Waals surface area contributed by atoms with E-state index in [1.807, 2.05) is 35.2 Å². The Kier molecular flexibility index (Phi) is 10.6. The smallest absolute Gasteiger partial charge is 0.414 e. The van der Waals surface area contributed by atoms with Gasteiger partial charge in [-0.25, -0.2) is 9.59 Å². The molecule has 2 aliphatic heterocycles. The number of hydrogen-bond acceptors (Lipinski definition) is 6. The third-order valence-corrected chi connectivity index (χ3v) is 6.32. The van der Waals surface area contributed by atoms with Crippen LogP contribution in [-0.4, -0.2) is 94.5 Å². The van der Waals surface area contributed by atoms with Gasteiger partial charge < -0.3 is 20.4 Å². The van der Waals surface area contributed by atoms with Crippen LogP contribution in [-0.2, 0) is 20.9 Å². The van der Waals surface area contributed by atoms with Crippen LogP contribution in [0.2, 0.25) is 0 Å². The number of piperazine rings is 1. The molecule has 0 unspecified atom stereocenters. The van der Waals surface area contributed by atoms with Gasteiger partial charge in [-0.1, -0.05) is 30.3 Å². The normalized spacial score (nSPS) is 16.3. The Hall–Kier alpha value is -3.76. The third-order valence-electron chi connectivity index (χ3n) is 6.32. The van der Waals surface area contributed by atoms with Crippen molar-refractivity contribution in [2.45, 2.75) is 25.8 Å². The summed E-state index contributed by atoms with van der Waals surface area (Å²) in [5.74, 6) is -3.57. The van der Waals surface area contributed by atoms with Crippen LogP contribution in [0.25, 0.3) is 0 Å². The molecule has 2 amide bonds. The van der Waals surface area contributed by atoms with E-state index in [1.54, 1.807) is 0 Å². The monoisotopic (exact) mass is 510 g/mol. The molecule has 4 rings (SSSR count). The van der Waals surface area contributed by atoms with E-state index in [-0.39, 0.29) is 11.8 Å². The topological polar surface area (TPSA) is 130 Å². The molecule has 10 nitrogen and oxygen atoms in total. The van der Waals surface area contributed by atoms with E-state index in [4.69, 9.17) is 19.8 Å². The quantitative estimate of drug-likeness (QED) is 0.505. The Morgan fingerprint density at radius 2 is 1.27 bits per heavy atom. The lowest BCUT2D eigenvalue weighted by molar-refractivity contribution is -0.159. The average molecular weight is 511 g/mol. The standard InChI is InChI=1S/C25H32N4O2.C2H2O4/c30-24(20-28-17-15-27(16-18-28)19-21-7-3-1-4-8-21)26-23-11-9-22(10-12-23)25(31)29-13-5-2-6-14-29;3-1(4)2(5)6/h1,3-4,7-12H,2,5-6,13-20H2,(H,26,30);(H,3,4)(H,5,6). The summed E-state index contributed by atoms with van der Waals surface area (Å²) in [5, 5.41) is 17.7. The summed E-state index contributed by atoms with van der Waals surface area (Å²) in [6.45, 7) is 6.76. The zero-order chi connectivity index (χ0) is 26.6. The first-order valence-electron chi connectivity index (χ1n) is 12.5. The molecule has 0 aliphatic carbocycles. The van der Waals surface area contributed by atoms with Crippen molar-refractivity contribution in [1.82, 2.24) is 14.7 Å². The van der Waals surface area contributed by atoms with E-state index in [0.29, 0.717) is 12.1 Å². The van der Waals surface area contributed by atoms with Gasteiger partial charge in [0.05, 0.1) is 6.54 Å². The molecule has 37 heavy (non-hydrogen) atoms. The van der Waals surface area contributed by atoms with Gasteiger partial charge in [-0.2, -0.15) is 0 Å². The van der Waals surface area contributed by atoms with Gasteiger partial charge in [0.15, 0.2) is 0 Å². The molecule has 2 heterocycles. The number of carbonyl (C=O) groups is 4. The van der Waals surface area contributed by atoms with E-state index in [0.717, 1.165) is 64.3 Å². The SMILES string of the molecule is O=C(CN1CCN(Cc2ccccc2)CC1)Nc1ccc(C(=O)N2CCCCC2)cc1.O=C(O)C(=O)O. The second kappa shape index (κ2) is 14.1. The zero-order valence-corrected chi connectivity index (χ0v) is 20.8. The van der Waals surface area contributed by atoms with Crippen molar-refractivity contribution in [3.8, 4) is 0 Å². The highest BCUT2D eigenvalue weighted by Gasteiger charge is 2.20. The van der Waals surface area contributed by atoms with Crippen LogP contribution >= 0.6 is 0 Å². The average Bonchev–Trinajstić information content (AvgIpc) is 2.91. The summed E-state index contributed by atoms with van der Waals surface area (Å²) in [6, 6.07) is 17.8. The highest BCUT2D eigenvalue weighted by molar-refractivity contribution is 6.27. The van der Waals surface area contributed by atoms with Crippen LogP contribution in [0, 0.1) is 0 Å². The van der Waals surface area contributed by atoms with Crippen molar-refractivity contribution in [2.75, 3.05) is 51.1 Å². The van der Waals surface area contributed by atoms with Crippen LogP contribution in [0.3, 0.4) is 0 Å². The minimum Gasteiger partial charge on any atom is -0.473 e. The van der Waals surface area contributed by atoms with E-state index in [1.165, 1.54) is 12.0 Å². The molecule has 2 saturated heterocycles. The summed E-state index contributed by atoms with van der Waals surface area (Å²) in [4.78, 5) is 49.8. The number of nitrogens with zero attached hydrogens (tertiary/aromatic N) is 3. The van der Waals surface area contributed by atoms with Crippen LogP contribution < -0.4 is 5.32 Å². The lowest BCUT2D eigenvalue weighted by Crippen LogP contribution is -2.48. The lowest BCUT2D eigenvalue weighted by atomic mass is 10.1. The van der Waals surface area contributed by atoms with Crippen molar-refractivity contribution in [2.24, 2.45) is 0 Å². The molecule has 2 aliphatic rings. The van der Waals surface area contributed by atoms with Gasteiger partial charge in [0.25, 0.3) is 5.91 Å². The number of rotatable bonds is 6. The van der Waals surface area contributed by atoms with Gasteiger partial charge in [-0.05, 0) is 49.1 Å². The Labute approximate surface area is 216 Å². The molecule has 198 valence electrons.